The van der Waals surface area contributed by atoms with Gasteiger partial charge in [-0.25, -0.2) is 4.79 Å². The van der Waals surface area contributed by atoms with Crippen LogP contribution >= 0.6 is 0 Å². The summed E-state index contributed by atoms with van der Waals surface area (Å²) in [6.45, 7) is 5.26. The quantitative estimate of drug-likeness (QED) is 0.745. The minimum absolute atomic E-state index is 0.310. The third-order valence-corrected chi connectivity index (χ3v) is 3.45. The van der Waals surface area contributed by atoms with Crippen molar-refractivity contribution in [3.05, 3.63) is 53.6 Å². The molecule has 0 bridgehead atoms. The van der Waals surface area contributed by atoms with Crippen LogP contribution in [0.5, 0.6) is 11.5 Å². The molecule has 0 radical (unpaired) electrons. The maximum absolute atomic E-state index is 11.6. The Balaban J connectivity index is 2.07. The van der Waals surface area contributed by atoms with Crippen LogP contribution in [0.3, 0.4) is 0 Å². The predicted octanol–water partition coefficient (Wildman–Crippen LogP) is 3.88. The van der Waals surface area contributed by atoms with Gasteiger partial charge in [0.2, 0.25) is 0 Å². The predicted molar refractivity (Wildman–Crippen MR) is 93.9 cm³/mol. The average molecular weight is 329 g/mol. The first kappa shape index (κ1) is 17.7. The van der Waals surface area contributed by atoms with Gasteiger partial charge in [-0.1, -0.05) is 12.1 Å². The third kappa shape index (κ3) is 4.41. The van der Waals surface area contributed by atoms with Crippen LogP contribution in [0.2, 0.25) is 0 Å². The molecule has 0 saturated carbocycles. The number of anilines is 1. The van der Waals surface area contributed by atoms with Crippen LogP contribution < -0.4 is 14.8 Å². The Morgan fingerprint density at radius 1 is 1.04 bits per heavy atom. The number of hydrogen-bond acceptors (Lipinski definition) is 5. The van der Waals surface area contributed by atoms with Crippen molar-refractivity contribution in [1.29, 1.82) is 0 Å². The summed E-state index contributed by atoms with van der Waals surface area (Å²) in [5, 5.41) is 3.32. The molecular formula is C19H23NO4. The summed E-state index contributed by atoms with van der Waals surface area (Å²) in [5.41, 5.74) is 2.46. The van der Waals surface area contributed by atoms with E-state index in [4.69, 9.17) is 14.2 Å². The van der Waals surface area contributed by atoms with Crippen LogP contribution in [0.1, 0.15) is 29.8 Å². The number of carbonyl (C=O) groups excluding carboxylic acids is 1. The van der Waals surface area contributed by atoms with E-state index in [1.165, 1.54) is 0 Å². The monoisotopic (exact) mass is 329 g/mol. The molecule has 5 nitrogen and oxygen atoms in total. The highest BCUT2D eigenvalue weighted by atomic mass is 16.5. The fourth-order valence-electron chi connectivity index (χ4n) is 2.31. The number of rotatable bonds is 8. The van der Waals surface area contributed by atoms with Crippen LogP contribution in [0, 0.1) is 0 Å². The molecule has 0 aliphatic carbocycles. The number of ether oxygens (including phenoxy) is 3. The molecule has 0 fully saturated rings. The molecular weight excluding hydrogens is 306 g/mol. The van der Waals surface area contributed by atoms with E-state index >= 15 is 0 Å². The average Bonchev–Trinajstić information content (AvgIpc) is 2.61. The zero-order valence-corrected chi connectivity index (χ0v) is 14.3. The molecule has 1 N–H and O–H groups in total. The molecule has 0 amide bonds. The van der Waals surface area contributed by atoms with E-state index in [9.17, 15) is 4.79 Å². The fraction of sp³-hybridized carbons (Fsp3) is 0.316. The van der Waals surface area contributed by atoms with Crippen LogP contribution in [-0.4, -0.2) is 26.3 Å². The zero-order chi connectivity index (χ0) is 17.4. The standard InChI is InChI=1S/C19H23NO4/c1-4-23-18-15(7-6-8-17(18)22-3)13-20-16-11-9-14(10-12-16)19(21)24-5-2/h6-12,20H,4-5,13H2,1-3H3. The van der Waals surface area contributed by atoms with Gasteiger partial charge in [-0.15, -0.1) is 0 Å². The number of benzene rings is 2. The smallest absolute Gasteiger partial charge is 0.338 e. The Hall–Kier alpha value is -2.69. The van der Waals surface area contributed by atoms with Crippen molar-refractivity contribution in [2.45, 2.75) is 20.4 Å². The van der Waals surface area contributed by atoms with Gasteiger partial charge >= 0.3 is 5.97 Å². The largest absolute Gasteiger partial charge is 0.493 e. The number of esters is 1. The van der Waals surface area contributed by atoms with Gasteiger partial charge in [-0.05, 0) is 44.2 Å². The minimum Gasteiger partial charge on any atom is -0.493 e. The van der Waals surface area contributed by atoms with E-state index in [1.807, 2.05) is 37.3 Å². The summed E-state index contributed by atoms with van der Waals surface area (Å²) in [4.78, 5) is 11.6. The van der Waals surface area contributed by atoms with Crippen LogP contribution in [0.25, 0.3) is 0 Å². The fourth-order valence-corrected chi connectivity index (χ4v) is 2.31. The molecule has 0 saturated heterocycles. The highest BCUT2D eigenvalue weighted by molar-refractivity contribution is 5.89. The number of nitrogens with one attached hydrogen (secondary N) is 1. The summed E-state index contributed by atoms with van der Waals surface area (Å²) >= 11 is 0. The summed E-state index contributed by atoms with van der Waals surface area (Å²) in [7, 11) is 1.63. The molecule has 0 aliphatic heterocycles. The van der Waals surface area contributed by atoms with Crippen molar-refractivity contribution in [3.8, 4) is 11.5 Å². The lowest BCUT2D eigenvalue weighted by molar-refractivity contribution is 0.0526. The molecule has 2 rings (SSSR count). The second-order valence-corrected chi connectivity index (χ2v) is 5.03. The zero-order valence-electron chi connectivity index (χ0n) is 14.3. The van der Waals surface area contributed by atoms with Crippen molar-refractivity contribution in [2.24, 2.45) is 0 Å². The maximum Gasteiger partial charge on any atom is 0.338 e. The SMILES string of the molecule is CCOC(=O)c1ccc(NCc2cccc(OC)c2OCC)cc1. The van der Waals surface area contributed by atoms with Gasteiger partial charge < -0.3 is 19.5 Å². The van der Waals surface area contributed by atoms with Crippen molar-refractivity contribution in [1.82, 2.24) is 0 Å². The van der Waals surface area contributed by atoms with E-state index in [-0.39, 0.29) is 5.97 Å². The Kier molecular flexibility index (Phi) is 6.49. The van der Waals surface area contributed by atoms with Gasteiger partial charge in [0.1, 0.15) is 0 Å². The lowest BCUT2D eigenvalue weighted by atomic mass is 10.1. The normalized spacial score (nSPS) is 10.1. The molecule has 0 heterocycles. The summed E-state index contributed by atoms with van der Waals surface area (Å²) in [6, 6.07) is 13.0. The van der Waals surface area contributed by atoms with Gasteiger partial charge in [0.05, 0.1) is 25.9 Å². The van der Waals surface area contributed by atoms with Gasteiger partial charge in [0.25, 0.3) is 0 Å². The summed E-state index contributed by atoms with van der Waals surface area (Å²) in [6.07, 6.45) is 0. The van der Waals surface area contributed by atoms with E-state index in [1.54, 1.807) is 26.2 Å². The minimum atomic E-state index is -0.310. The molecule has 128 valence electrons. The van der Waals surface area contributed by atoms with Gasteiger partial charge in [0.15, 0.2) is 11.5 Å². The number of hydrogen-bond donors (Lipinski definition) is 1. The molecule has 5 heteroatoms. The number of methoxy groups -OCH3 is 1. The Morgan fingerprint density at radius 3 is 2.42 bits per heavy atom. The van der Waals surface area contributed by atoms with Crippen molar-refractivity contribution < 1.29 is 19.0 Å². The highest BCUT2D eigenvalue weighted by Gasteiger charge is 2.10. The molecule has 2 aromatic rings. The molecule has 0 aromatic heterocycles. The highest BCUT2D eigenvalue weighted by Crippen LogP contribution is 2.31. The Morgan fingerprint density at radius 2 is 1.79 bits per heavy atom. The van der Waals surface area contributed by atoms with Crippen LogP contribution in [0.15, 0.2) is 42.5 Å². The summed E-state index contributed by atoms with van der Waals surface area (Å²) in [5.74, 6) is 1.16. The first-order valence-corrected chi connectivity index (χ1v) is 7.99. The molecule has 2 aromatic carbocycles. The topological polar surface area (TPSA) is 56.8 Å². The first-order valence-electron chi connectivity index (χ1n) is 7.99. The Bertz CT molecular complexity index is 668. The molecule has 24 heavy (non-hydrogen) atoms. The van der Waals surface area contributed by atoms with Crippen molar-refractivity contribution >= 4 is 11.7 Å². The maximum atomic E-state index is 11.6. The second-order valence-electron chi connectivity index (χ2n) is 5.03. The van der Waals surface area contributed by atoms with E-state index in [0.717, 1.165) is 17.0 Å². The van der Waals surface area contributed by atoms with Gasteiger partial charge in [0, 0.05) is 17.8 Å². The number of carbonyl (C=O) groups is 1. The van der Waals surface area contributed by atoms with Gasteiger partial charge in [-0.2, -0.15) is 0 Å². The third-order valence-electron chi connectivity index (χ3n) is 3.45. The molecule has 0 atom stereocenters. The van der Waals surface area contributed by atoms with E-state index < -0.39 is 0 Å². The van der Waals surface area contributed by atoms with Crippen LogP contribution in [0.4, 0.5) is 5.69 Å². The molecule has 0 aliphatic rings. The van der Waals surface area contributed by atoms with Crippen molar-refractivity contribution in [3.63, 3.8) is 0 Å². The lowest BCUT2D eigenvalue weighted by Crippen LogP contribution is -2.06. The van der Waals surface area contributed by atoms with E-state index in [2.05, 4.69) is 5.32 Å². The van der Waals surface area contributed by atoms with Gasteiger partial charge in [-0.3, -0.25) is 0 Å². The van der Waals surface area contributed by atoms with Crippen LogP contribution in [-0.2, 0) is 11.3 Å². The molecule has 0 spiro atoms. The molecule has 0 unspecified atom stereocenters. The lowest BCUT2D eigenvalue weighted by Gasteiger charge is -2.15. The van der Waals surface area contributed by atoms with Crippen molar-refractivity contribution in [2.75, 3.05) is 25.6 Å². The second kappa shape index (κ2) is 8.82. The van der Waals surface area contributed by atoms with E-state index in [0.29, 0.717) is 31.1 Å². The summed E-state index contributed by atoms with van der Waals surface area (Å²) < 4.78 is 16.0. The Labute approximate surface area is 142 Å². The first-order chi connectivity index (χ1) is 11.7. The number of para-hydroxylation sites is 1.